The number of nitrogens with one attached hydrogen (secondary N) is 2. The van der Waals surface area contributed by atoms with Crippen LogP contribution in [0.15, 0.2) is 30.6 Å². The van der Waals surface area contributed by atoms with Gasteiger partial charge in [0.25, 0.3) is 0 Å². The Balaban J connectivity index is 1.73. The molecule has 0 saturated carbocycles. The highest BCUT2D eigenvalue weighted by Crippen LogP contribution is 2.41. The largest absolute Gasteiger partial charge is 0.461 e. The highest BCUT2D eigenvalue weighted by molar-refractivity contribution is 5.72. The molecule has 2 aromatic rings. The predicted molar refractivity (Wildman–Crippen MR) is 81.3 cm³/mol. The molecule has 1 aromatic carbocycles. The van der Waals surface area contributed by atoms with Gasteiger partial charge in [-0.2, -0.15) is 8.78 Å². The molecule has 3 N–H and O–H groups in total. The molecule has 24 heavy (non-hydrogen) atoms. The lowest BCUT2D eigenvalue weighted by molar-refractivity contribution is -0.197. The zero-order valence-corrected chi connectivity index (χ0v) is 12.8. The van der Waals surface area contributed by atoms with E-state index in [1.165, 1.54) is 30.0 Å². The van der Waals surface area contributed by atoms with Crippen molar-refractivity contribution in [3.05, 3.63) is 36.4 Å². The van der Waals surface area contributed by atoms with Crippen LogP contribution in [0.2, 0.25) is 0 Å². The molecule has 2 heterocycles. The molecular formula is C15H16F2N4O3. The van der Waals surface area contributed by atoms with E-state index in [1.807, 2.05) is 0 Å². The third-order valence-corrected chi connectivity index (χ3v) is 3.49. The van der Waals surface area contributed by atoms with Crippen LogP contribution in [0.25, 0.3) is 5.69 Å². The van der Waals surface area contributed by atoms with Crippen LogP contribution in [0.1, 0.15) is 12.7 Å². The monoisotopic (exact) mass is 338 g/mol. The van der Waals surface area contributed by atoms with Crippen molar-refractivity contribution in [3.63, 3.8) is 0 Å². The van der Waals surface area contributed by atoms with Gasteiger partial charge in [-0.25, -0.2) is 4.98 Å². The summed E-state index contributed by atoms with van der Waals surface area (Å²) in [5.74, 6) is -0.706. The first-order chi connectivity index (χ1) is 11.4. The SMILES string of the molecule is CC(=O)NC[C@H](O)CNc1ccc2c(c1)OC(F)(F)c1nccn1-2. The lowest BCUT2D eigenvalue weighted by Gasteiger charge is -2.26. The van der Waals surface area contributed by atoms with Crippen LogP contribution >= 0.6 is 0 Å². The van der Waals surface area contributed by atoms with E-state index in [4.69, 9.17) is 4.74 Å². The number of imidazole rings is 1. The van der Waals surface area contributed by atoms with Crippen LogP contribution in [0, 0.1) is 0 Å². The molecule has 0 bridgehead atoms. The molecule has 0 fully saturated rings. The van der Waals surface area contributed by atoms with Crippen LogP contribution in [-0.2, 0) is 10.9 Å². The molecule has 0 spiro atoms. The summed E-state index contributed by atoms with van der Waals surface area (Å²) in [5, 5.41) is 15.1. The summed E-state index contributed by atoms with van der Waals surface area (Å²) in [4.78, 5) is 14.4. The van der Waals surface area contributed by atoms with E-state index in [0.29, 0.717) is 11.4 Å². The normalized spacial score (nSPS) is 15.7. The fourth-order valence-corrected chi connectivity index (χ4v) is 2.37. The summed E-state index contributed by atoms with van der Waals surface area (Å²) in [6.45, 7) is 1.59. The van der Waals surface area contributed by atoms with E-state index >= 15 is 0 Å². The number of amides is 1. The van der Waals surface area contributed by atoms with Gasteiger partial charge in [-0.15, -0.1) is 0 Å². The van der Waals surface area contributed by atoms with Gasteiger partial charge < -0.3 is 20.5 Å². The number of aliphatic hydroxyl groups is 1. The van der Waals surface area contributed by atoms with E-state index < -0.39 is 18.0 Å². The standard InChI is InChI=1S/C15H16F2N4O3/c1-9(22)19-7-11(23)8-20-10-2-3-12-13(6-10)24-15(16,17)14-18-4-5-21(12)14/h2-6,11,20,23H,7-8H2,1H3,(H,19,22)/t11-/m0/s1. The third kappa shape index (κ3) is 3.16. The Bertz CT molecular complexity index is 763. The third-order valence-electron chi connectivity index (χ3n) is 3.49. The molecule has 9 heteroatoms. The van der Waals surface area contributed by atoms with Gasteiger partial charge in [-0.3, -0.25) is 9.36 Å². The average molecular weight is 338 g/mol. The van der Waals surface area contributed by atoms with E-state index in [1.54, 1.807) is 12.1 Å². The smallest absolute Gasteiger partial charge is 0.424 e. The summed E-state index contributed by atoms with van der Waals surface area (Å²) in [6.07, 6.45) is -1.60. The Labute approximate surface area is 136 Å². The maximum Gasteiger partial charge on any atom is 0.461 e. The summed E-state index contributed by atoms with van der Waals surface area (Å²) in [5.41, 5.74) is 0.966. The number of fused-ring (bicyclic) bond motifs is 3. The fraction of sp³-hybridized carbons (Fsp3) is 0.333. The summed E-state index contributed by atoms with van der Waals surface area (Å²) < 4.78 is 33.9. The number of hydrogen-bond acceptors (Lipinski definition) is 5. The topological polar surface area (TPSA) is 88.4 Å². The van der Waals surface area contributed by atoms with Crippen LogP contribution < -0.4 is 15.4 Å². The highest BCUT2D eigenvalue weighted by atomic mass is 19.3. The first-order valence-corrected chi connectivity index (χ1v) is 7.28. The zero-order chi connectivity index (χ0) is 17.3. The fourth-order valence-electron chi connectivity index (χ4n) is 2.37. The molecule has 0 unspecified atom stereocenters. The lowest BCUT2D eigenvalue weighted by Crippen LogP contribution is -2.34. The molecular weight excluding hydrogens is 322 g/mol. The van der Waals surface area contributed by atoms with Gasteiger partial charge in [0.05, 0.1) is 11.8 Å². The van der Waals surface area contributed by atoms with Gasteiger partial charge in [0.15, 0.2) is 5.75 Å². The zero-order valence-electron chi connectivity index (χ0n) is 12.8. The van der Waals surface area contributed by atoms with Crippen molar-refractivity contribution in [3.8, 4) is 11.4 Å². The number of carbonyl (C=O) groups excluding carboxylic acids is 1. The van der Waals surface area contributed by atoms with Crippen LogP contribution in [0.4, 0.5) is 14.5 Å². The average Bonchev–Trinajstić information content (AvgIpc) is 3.01. The highest BCUT2D eigenvalue weighted by Gasteiger charge is 2.44. The molecule has 0 aliphatic carbocycles. The lowest BCUT2D eigenvalue weighted by atomic mass is 10.2. The summed E-state index contributed by atoms with van der Waals surface area (Å²) in [7, 11) is 0. The van der Waals surface area contributed by atoms with Crippen LogP contribution in [0.5, 0.6) is 5.75 Å². The Morgan fingerprint density at radius 1 is 1.46 bits per heavy atom. The van der Waals surface area contributed by atoms with E-state index in [9.17, 15) is 18.7 Å². The minimum atomic E-state index is -3.51. The molecule has 1 aliphatic rings. The number of carbonyl (C=O) groups is 1. The first kappa shape index (κ1) is 16.2. The van der Waals surface area contributed by atoms with Crippen molar-refractivity contribution in [2.75, 3.05) is 18.4 Å². The number of halogens is 2. The molecule has 1 aliphatic heterocycles. The molecule has 3 rings (SSSR count). The van der Waals surface area contributed by atoms with Gasteiger partial charge in [0, 0.05) is 44.2 Å². The Morgan fingerprint density at radius 2 is 2.25 bits per heavy atom. The van der Waals surface area contributed by atoms with Gasteiger partial charge in [-0.1, -0.05) is 0 Å². The minimum absolute atomic E-state index is 0.00634. The van der Waals surface area contributed by atoms with Crippen molar-refractivity contribution >= 4 is 11.6 Å². The van der Waals surface area contributed by atoms with Gasteiger partial charge in [0.1, 0.15) is 0 Å². The van der Waals surface area contributed by atoms with E-state index in [0.717, 1.165) is 0 Å². The Kier molecular flexibility index (Phi) is 4.10. The number of nitrogens with zero attached hydrogens (tertiary/aromatic N) is 2. The first-order valence-electron chi connectivity index (χ1n) is 7.28. The van der Waals surface area contributed by atoms with Gasteiger partial charge in [-0.05, 0) is 12.1 Å². The van der Waals surface area contributed by atoms with E-state index in [2.05, 4.69) is 15.6 Å². The number of ether oxygens (including phenoxy) is 1. The van der Waals surface area contributed by atoms with Crippen molar-refractivity contribution in [2.24, 2.45) is 0 Å². The number of anilines is 1. The molecule has 1 atom stereocenters. The minimum Gasteiger partial charge on any atom is -0.424 e. The number of aromatic nitrogens is 2. The second-order valence-electron chi connectivity index (χ2n) is 5.39. The van der Waals surface area contributed by atoms with Crippen molar-refractivity contribution in [2.45, 2.75) is 19.1 Å². The maximum absolute atomic E-state index is 13.9. The molecule has 1 aromatic heterocycles. The Morgan fingerprint density at radius 3 is 3.00 bits per heavy atom. The second kappa shape index (κ2) is 6.08. The van der Waals surface area contributed by atoms with Crippen molar-refractivity contribution < 1.29 is 23.4 Å². The van der Waals surface area contributed by atoms with Crippen LogP contribution in [-0.4, -0.2) is 39.8 Å². The van der Waals surface area contributed by atoms with Crippen molar-refractivity contribution in [1.29, 1.82) is 0 Å². The molecule has 128 valence electrons. The number of alkyl halides is 2. The number of hydrogen-bond donors (Lipinski definition) is 3. The predicted octanol–water partition coefficient (Wildman–Crippen LogP) is 1.22. The molecule has 7 nitrogen and oxygen atoms in total. The number of aliphatic hydroxyl groups excluding tert-OH is 1. The molecule has 1 amide bonds. The van der Waals surface area contributed by atoms with Crippen molar-refractivity contribution in [1.82, 2.24) is 14.9 Å². The molecule has 0 saturated heterocycles. The number of rotatable bonds is 5. The van der Waals surface area contributed by atoms with Gasteiger partial charge >= 0.3 is 6.11 Å². The molecule has 0 radical (unpaired) electrons. The quantitative estimate of drug-likeness (QED) is 0.763. The maximum atomic E-state index is 13.9. The van der Waals surface area contributed by atoms with E-state index in [-0.39, 0.29) is 24.7 Å². The number of benzene rings is 1. The van der Waals surface area contributed by atoms with Crippen LogP contribution in [0.3, 0.4) is 0 Å². The Hall–Kier alpha value is -2.68. The second-order valence-corrected chi connectivity index (χ2v) is 5.39. The summed E-state index contributed by atoms with van der Waals surface area (Å²) >= 11 is 0. The summed E-state index contributed by atoms with van der Waals surface area (Å²) in [6, 6.07) is 4.73. The van der Waals surface area contributed by atoms with Gasteiger partial charge in [0.2, 0.25) is 11.7 Å².